The summed E-state index contributed by atoms with van der Waals surface area (Å²) in [4.78, 5) is 7.99. The summed E-state index contributed by atoms with van der Waals surface area (Å²) in [6.07, 6.45) is 4.98. The van der Waals surface area contributed by atoms with Gasteiger partial charge in [0.2, 0.25) is 0 Å². The van der Waals surface area contributed by atoms with Crippen LogP contribution < -0.4 is 5.32 Å². The molecule has 0 aliphatic heterocycles. The fraction of sp³-hybridized carbons (Fsp3) is 0.562. The van der Waals surface area contributed by atoms with Crippen LogP contribution in [0.2, 0.25) is 0 Å². The summed E-state index contributed by atoms with van der Waals surface area (Å²) in [7, 11) is 0. The van der Waals surface area contributed by atoms with E-state index >= 15 is 0 Å². The van der Waals surface area contributed by atoms with Crippen molar-refractivity contribution >= 4 is 22.8 Å². The molecule has 1 aromatic carbocycles. The minimum Gasteiger partial charge on any atom is -0.394 e. The zero-order chi connectivity index (χ0) is 14.3. The highest BCUT2D eigenvalue weighted by Gasteiger charge is 2.47. The summed E-state index contributed by atoms with van der Waals surface area (Å²) in [6, 6.07) is 8.72. The van der Waals surface area contributed by atoms with Gasteiger partial charge in [-0.1, -0.05) is 23.9 Å². The quantitative estimate of drug-likeness (QED) is 0.688. The van der Waals surface area contributed by atoms with Gasteiger partial charge in [0.15, 0.2) is 5.16 Å². The van der Waals surface area contributed by atoms with Gasteiger partial charge in [0.1, 0.15) is 0 Å². The first-order chi connectivity index (χ1) is 10.3. The summed E-state index contributed by atoms with van der Waals surface area (Å²) < 4.78 is 0. The van der Waals surface area contributed by atoms with Crippen LogP contribution in [0.3, 0.4) is 0 Å². The number of aliphatic hydroxyl groups is 1. The Labute approximate surface area is 128 Å². The zero-order valence-electron chi connectivity index (χ0n) is 12.0. The molecular formula is C16H21N3OS. The predicted molar refractivity (Wildman–Crippen MR) is 85.5 cm³/mol. The molecule has 0 spiro atoms. The van der Waals surface area contributed by atoms with Gasteiger partial charge in [-0.2, -0.15) is 0 Å². The predicted octanol–water partition coefficient (Wildman–Crippen LogP) is 2.55. The number of aliphatic hydroxyl groups excluding tert-OH is 1. The SMILES string of the molecule is OCC(CSc1nc2ccccc2[nH]1)(NC1CC1)C1CC1. The molecule has 2 aromatic rings. The number of nitrogens with zero attached hydrogens (tertiary/aromatic N) is 1. The number of benzene rings is 1. The summed E-state index contributed by atoms with van der Waals surface area (Å²) in [6.45, 7) is 0.224. The van der Waals surface area contributed by atoms with E-state index < -0.39 is 0 Å². The molecule has 2 fully saturated rings. The van der Waals surface area contributed by atoms with Crippen LogP contribution in [0.25, 0.3) is 11.0 Å². The Bertz CT molecular complexity index is 602. The smallest absolute Gasteiger partial charge is 0.166 e. The molecule has 0 saturated heterocycles. The molecule has 2 aliphatic rings. The maximum atomic E-state index is 9.97. The van der Waals surface area contributed by atoms with Crippen LogP contribution in [-0.2, 0) is 0 Å². The number of hydrogen-bond donors (Lipinski definition) is 3. The fourth-order valence-corrected chi connectivity index (χ4v) is 4.11. The lowest BCUT2D eigenvalue weighted by molar-refractivity contribution is 0.157. The van der Waals surface area contributed by atoms with Crippen molar-refractivity contribution in [1.82, 2.24) is 15.3 Å². The highest BCUT2D eigenvalue weighted by atomic mass is 32.2. The van der Waals surface area contributed by atoms with Gasteiger partial charge in [0.05, 0.1) is 23.2 Å². The Morgan fingerprint density at radius 3 is 2.76 bits per heavy atom. The molecule has 4 rings (SSSR count). The number of imidazole rings is 1. The van der Waals surface area contributed by atoms with Gasteiger partial charge < -0.3 is 15.4 Å². The Morgan fingerprint density at radius 1 is 1.29 bits per heavy atom. The number of nitrogens with one attached hydrogen (secondary N) is 2. The highest BCUT2D eigenvalue weighted by Crippen LogP contribution is 2.43. The van der Waals surface area contributed by atoms with E-state index in [2.05, 4.69) is 21.4 Å². The van der Waals surface area contributed by atoms with Gasteiger partial charge in [0.25, 0.3) is 0 Å². The van der Waals surface area contributed by atoms with Gasteiger partial charge in [-0.15, -0.1) is 0 Å². The maximum absolute atomic E-state index is 9.97. The van der Waals surface area contributed by atoms with Crippen molar-refractivity contribution in [1.29, 1.82) is 0 Å². The van der Waals surface area contributed by atoms with E-state index in [1.54, 1.807) is 11.8 Å². The van der Waals surface area contributed by atoms with E-state index in [1.165, 1.54) is 25.7 Å². The first-order valence-electron chi connectivity index (χ1n) is 7.75. The first kappa shape index (κ1) is 13.6. The second-order valence-electron chi connectivity index (χ2n) is 6.35. The standard InChI is InChI=1S/C16H21N3OS/c20-9-16(11-5-6-11,19-12-7-8-12)10-21-15-17-13-3-1-2-4-14(13)18-15/h1-4,11-12,19-20H,5-10H2,(H,17,18). The Balaban J connectivity index is 1.49. The molecule has 2 aliphatic carbocycles. The molecule has 1 atom stereocenters. The van der Waals surface area contributed by atoms with Crippen LogP contribution in [0, 0.1) is 5.92 Å². The third-order valence-electron chi connectivity index (χ3n) is 4.54. The Kier molecular flexibility index (Phi) is 3.44. The number of fused-ring (bicyclic) bond motifs is 1. The third-order valence-corrected chi connectivity index (χ3v) is 5.67. The number of H-pyrrole nitrogens is 1. The zero-order valence-corrected chi connectivity index (χ0v) is 12.8. The lowest BCUT2D eigenvalue weighted by Gasteiger charge is -2.33. The van der Waals surface area contributed by atoms with Crippen molar-refractivity contribution < 1.29 is 5.11 Å². The molecule has 1 unspecified atom stereocenters. The second-order valence-corrected chi connectivity index (χ2v) is 7.32. The van der Waals surface area contributed by atoms with Gasteiger partial charge in [0, 0.05) is 11.8 Å². The normalized spacial score (nSPS) is 21.6. The van der Waals surface area contributed by atoms with E-state index in [0.717, 1.165) is 21.9 Å². The summed E-state index contributed by atoms with van der Waals surface area (Å²) >= 11 is 1.73. The minimum atomic E-state index is -0.120. The Hall–Kier alpha value is -1.04. The summed E-state index contributed by atoms with van der Waals surface area (Å²) in [5.74, 6) is 1.50. The molecule has 21 heavy (non-hydrogen) atoms. The van der Waals surface area contributed by atoms with Crippen LogP contribution in [0.5, 0.6) is 0 Å². The van der Waals surface area contributed by atoms with Crippen LogP contribution in [0.1, 0.15) is 25.7 Å². The van der Waals surface area contributed by atoms with E-state index in [9.17, 15) is 5.11 Å². The number of aromatic amines is 1. The van der Waals surface area contributed by atoms with Crippen LogP contribution in [-0.4, -0.2) is 39.0 Å². The van der Waals surface area contributed by atoms with Crippen LogP contribution in [0.4, 0.5) is 0 Å². The van der Waals surface area contributed by atoms with Crippen molar-refractivity contribution in [3.05, 3.63) is 24.3 Å². The molecule has 112 valence electrons. The maximum Gasteiger partial charge on any atom is 0.166 e. The number of aromatic nitrogens is 2. The van der Waals surface area contributed by atoms with Crippen molar-refractivity contribution in [2.75, 3.05) is 12.4 Å². The van der Waals surface area contributed by atoms with Gasteiger partial charge in [-0.3, -0.25) is 0 Å². The Morgan fingerprint density at radius 2 is 2.10 bits per heavy atom. The van der Waals surface area contributed by atoms with E-state index in [4.69, 9.17) is 0 Å². The lowest BCUT2D eigenvalue weighted by atomic mass is 9.96. The average molecular weight is 303 g/mol. The summed E-state index contributed by atoms with van der Waals surface area (Å²) in [5.41, 5.74) is 1.97. The number of rotatable bonds is 7. The topological polar surface area (TPSA) is 60.9 Å². The fourth-order valence-electron chi connectivity index (χ4n) is 2.96. The molecule has 3 N–H and O–H groups in total. The number of hydrogen-bond acceptors (Lipinski definition) is 4. The van der Waals surface area contributed by atoms with Crippen LogP contribution in [0.15, 0.2) is 29.4 Å². The molecule has 1 aromatic heterocycles. The molecular weight excluding hydrogens is 282 g/mol. The van der Waals surface area contributed by atoms with Gasteiger partial charge >= 0.3 is 0 Å². The molecule has 0 bridgehead atoms. The van der Waals surface area contributed by atoms with E-state index in [0.29, 0.717) is 12.0 Å². The van der Waals surface area contributed by atoms with Crippen molar-refractivity contribution in [2.24, 2.45) is 5.92 Å². The lowest BCUT2D eigenvalue weighted by Crippen LogP contribution is -2.53. The van der Waals surface area contributed by atoms with Crippen molar-refractivity contribution in [3.8, 4) is 0 Å². The van der Waals surface area contributed by atoms with Gasteiger partial charge in [-0.05, 0) is 43.7 Å². The minimum absolute atomic E-state index is 0.120. The van der Waals surface area contributed by atoms with E-state index in [-0.39, 0.29) is 12.1 Å². The van der Waals surface area contributed by atoms with Gasteiger partial charge in [-0.25, -0.2) is 4.98 Å². The molecule has 0 amide bonds. The molecule has 2 saturated carbocycles. The van der Waals surface area contributed by atoms with Crippen LogP contribution >= 0.6 is 11.8 Å². The monoisotopic (exact) mass is 303 g/mol. The van der Waals surface area contributed by atoms with E-state index in [1.807, 2.05) is 18.2 Å². The highest BCUT2D eigenvalue weighted by molar-refractivity contribution is 7.99. The summed E-state index contributed by atoms with van der Waals surface area (Å²) in [5, 5.41) is 14.6. The van der Waals surface area contributed by atoms with Crippen molar-refractivity contribution in [3.63, 3.8) is 0 Å². The average Bonchev–Trinajstić information content (AvgIpc) is 3.41. The largest absolute Gasteiger partial charge is 0.394 e. The van der Waals surface area contributed by atoms with Crippen molar-refractivity contribution in [2.45, 2.75) is 42.4 Å². The molecule has 1 heterocycles. The first-order valence-corrected chi connectivity index (χ1v) is 8.74. The number of thioether (sulfide) groups is 1. The molecule has 5 heteroatoms. The second kappa shape index (κ2) is 5.30. The molecule has 4 nitrogen and oxygen atoms in total. The number of para-hydroxylation sites is 2. The third kappa shape index (κ3) is 2.82. The molecule has 0 radical (unpaired) electrons.